The van der Waals surface area contributed by atoms with Crippen LogP contribution in [0.3, 0.4) is 0 Å². The number of nitrogens with zero attached hydrogens (tertiary/aromatic N) is 2. The van der Waals surface area contributed by atoms with Crippen LogP contribution in [0.25, 0.3) is 0 Å². The van der Waals surface area contributed by atoms with Gasteiger partial charge in [-0.05, 0) is 51.9 Å². The molecule has 1 unspecified atom stereocenters. The fraction of sp³-hybridized carbons (Fsp3) is 0.786. The normalized spacial score (nSPS) is 20.7. The number of hydrogen-bond donors (Lipinski definition) is 1. The monoisotopic (exact) mass is 251 g/mol. The maximum absolute atomic E-state index is 5.58. The Balaban J connectivity index is 1.76. The second kappa shape index (κ2) is 6.90. The summed E-state index contributed by atoms with van der Waals surface area (Å²) in [6, 6.07) is 0. The van der Waals surface area contributed by atoms with E-state index in [1.54, 1.807) is 0 Å². The lowest BCUT2D eigenvalue weighted by Gasteiger charge is -2.11. The van der Waals surface area contributed by atoms with Gasteiger partial charge in [-0.2, -0.15) is 0 Å². The maximum Gasteiger partial charge on any atom is 0.194 e. The Morgan fingerprint density at radius 1 is 1.56 bits per heavy atom. The maximum atomic E-state index is 5.58. The van der Waals surface area contributed by atoms with Crippen LogP contribution in [-0.2, 0) is 12.8 Å². The number of nitrogens with one attached hydrogen (secondary N) is 1. The molecule has 0 aromatic carbocycles. The van der Waals surface area contributed by atoms with Crippen LogP contribution in [0.15, 0.2) is 10.7 Å². The quantitative estimate of drug-likeness (QED) is 0.749. The van der Waals surface area contributed by atoms with Crippen LogP contribution >= 0.6 is 0 Å². The summed E-state index contributed by atoms with van der Waals surface area (Å²) in [5, 5.41) is 3.15. The van der Waals surface area contributed by atoms with Crippen molar-refractivity contribution in [2.24, 2.45) is 5.92 Å². The van der Waals surface area contributed by atoms with Gasteiger partial charge >= 0.3 is 0 Å². The lowest BCUT2D eigenvalue weighted by atomic mass is 10.1. The molecule has 18 heavy (non-hydrogen) atoms. The first-order valence-electron chi connectivity index (χ1n) is 7.12. The van der Waals surface area contributed by atoms with E-state index < -0.39 is 0 Å². The first-order chi connectivity index (χ1) is 8.81. The van der Waals surface area contributed by atoms with E-state index in [2.05, 4.69) is 22.1 Å². The van der Waals surface area contributed by atoms with Crippen molar-refractivity contribution in [2.75, 3.05) is 33.2 Å². The summed E-state index contributed by atoms with van der Waals surface area (Å²) in [5.74, 6) is 1.66. The molecule has 2 heterocycles. The highest BCUT2D eigenvalue weighted by Gasteiger charge is 2.22. The van der Waals surface area contributed by atoms with Crippen molar-refractivity contribution in [1.29, 1.82) is 0 Å². The van der Waals surface area contributed by atoms with Crippen LogP contribution in [0.2, 0.25) is 0 Å². The number of aryl methyl sites for hydroxylation is 1. The van der Waals surface area contributed by atoms with E-state index in [1.807, 2.05) is 13.3 Å². The van der Waals surface area contributed by atoms with E-state index in [0.29, 0.717) is 0 Å². The summed E-state index contributed by atoms with van der Waals surface area (Å²) >= 11 is 0. The Bertz CT molecular complexity index is 351. The Kier molecular flexibility index (Phi) is 5.20. The molecule has 4 heteroatoms. The lowest BCUT2D eigenvalue weighted by Crippen LogP contribution is -2.20. The largest absolute Gasteiger partial charge is 0.449 e. The third kappa shape index (κ3) is 3.82. The fourth-order valence-corrected chi connectivity index (χ4v) is 2.62. The molecule has 1 atom stereocenters. The molecule has 0 saturated carbocycles. The van der Waals surface area contributed by atoms with Gasteiger partial charge in [-0.3, -0.25) is 0 Å². The number of rotatable bonds is 7. The van der Waals surface area contributed by atoms with Crippen LogP contribution in [0, 0.1) is 5.92 Å². The number of hydrogen-bond acceptors (Lipinski definition) is 4. The van der Waals surface area contributed by atoms with Crippen molar-refractivity contribution in [1.82, 2.24) is 15.2 Å². The number of aromatic nitrogens is 1. The van der Waals surface area contributed by atoms with Gasteiger partial charge in [0.1, 0.15) is 6.26 Å². The van der Waals surface area contributed by atoms with Crippen molar-refractivity contribution in [3.63, 3.8) is 0 Å². The molecule has 1 aliphatic heterocycles. The SMILES string of the molecule is CCN1CCC(Cc2nc(CCCNC)co2)C1. The zero-order valence-corrected chi connectivity index (χ0v) is 11.6. The predicted molar refractivity (Wildman–Crippen MR) is 72.7 cm³/mol. The van der Waals surface area contributed by atoms with Crippen LogP contribution in [0.4, 0.5) is 0 Å². The Hall–Kier alpha value is -0.870. The van der Waals surface area contributed by atoms with Gasteiger partial charge in [-0.15, -0.1) is 0 Å². The zero-order valence-electron chi connectivity index (χ0n) is 11.6. The molecular weight excluding hydrogens is 226 g/mol. The first kappa shape index (κ1) is 13.6. The highest BCUT2D eigenvalue weighted by molar-refractivity contribution is 4.98. The lowest BCUT2D eigenvalue weighted by molar-refractivity contribution is 0.335. The number of likely N-dealkylation sites (tertiary alicyclic amines) is 1. The van der Waals surface area contributed by atoms with Gasteiger partial charge in [0.25, 0.3) is 0 Å². The molecule has 0 radical (unpaired) electrons. The molecule has 0 bridgehead atoms. The highest BCUT2D eigenvalue weighted by Crippen LogP contribution is 2.20. The van der Waals surface area contributed by atoms with E-state index in [0.717, 1.165) is 49.9 Å². The van der Waals surface area contributed by atoms with Gasteiger partial charge in [-0.25, -0.2) is 4.98 Å². The molecular formula is C14H25N3O. The molecule has 4 nitrogen and oxygen atoms in total. The molecule has 2 rings (SSSR count). The summed E-state index contributed by atoms with van der Waals surface area (Å²) in [7, 11) is 1.98. The molecule has 1 fully saturated rings. The van der Waals surface area contributed by atoms with Crippen molar-refractivity contribution < 1.29 is 4.42 Å². The Morgan fingerprint density at radius 2 is 2.44 bits per heavy atom. The van der Waals surface area contributed by atoms with Crippen LogP contribution in [0.1, 0.15) is 31.4 Å². The fourth-order valence-electron chi connectivity index (χ4n) is 2.62. The van der Waals surface area contributed by atoms with Gasteiger partial charge in [0.2, 0.25) is 0 Å². The van der Waals surface area contributed by atoms with Crippen molar-refractivity contribution in [3.05, 3.63) is 17.8 Å². The molecule has 1 aromatic rings. The van der Waals surface area contributed by atoms with E-state index in [4.69, 9.17) is 4.42 Å². The van der Waals surface area contributed by atoms with Gasteiger partial charge in [0, 0.05) is 13.0 Å². The zero-order chi connectivity index (χ0) is 12.8. The minimum absolute atomic E-state index is 0.730. The molecule has 0 spiro atoms. The van der Waals surface area contributed by atoms with E-state index in [-0.39, 0.29) is 0 Å². The summed E-state index contributed by atoms with van der Waals surface area (Å²) < 4.78 is 5.58. The summed E-state index contributed by atoms with van der Waals surface area (Å²) in [5.41, 5.74) is 1.10. The third-order valence-electron chi connectivity index (χ3n) is 3.74. The average molecular weight is 251 g/mol. The van der Waals surface area contributed by atoms with E-state index in [1.165, 1.54) is 19.5 Å². The van der Waals surface area contributed by atoms with E-state index >= 15 is 0 Å². The second-order valence-electron chi connectivity index (χ2n) is 5.19. The summed E-state index contributed by atoms with van der Waals surface area (Å²) in [6.07, 6.45) is 6.25. The van der Waals surface area contributed by atoms with Crippen molar-refractivity contribution in [3.8, 4) is 0 Å². The first-order valence-corrected chi connectivity index (χ1v) is 7.12. The minimum atomic E-state index is 0.730. The molecule has 102 valence electrons. The second-order valence-corrected chi connectivity index (χ2v) is 5.19. The van der Waals surface area contributed by atoms with Gasteiger partial charge in [-0.1, -0.05) is 6.92 Å². The van der Waals surface area contributed by atoms with Gasteiger partial charge < -0.3 is 14.6 Å². The average Bonchev–Trinajstić information content (AvgIpc) is 3.00. The molecule has 1 N–H and O–H groups in total. The van der Waals surface area contributed by atoms with Crippen molar-refractivity contribution in [2.45, 2.75) is 32.6 Å². The number of oxazole rings is 1. The minimum Gasteiger partial charge on any atom is -0.449 e. The molecule has 0 amide bonds. The standard InChI is InChI=1S/C14H25N3O/c1-3-17-8-6-12(10-17)9-14-16-13(11-18-14)5-4-7-15-2/h11-12,15H,3-10H2,1-2H3. The van der Waals surface area contributed by atoms with Gasteiger partial charge in [0.05, 0.1) is 5.69 Å². The molecule has 1 aromatic heterocycles. The summed E-state index contributed by atoms with van der Waals surface area (Å²) in [4.78, 5) is 7.08. The highest BCUT2D eigenvalue weighted by atomic mass is 16.3. The van der Waals surface area contributed by atoms with Crippen LogP contribution < -0.4 is 5.32 Å². The predicted octanol–water partition coefficient (Wildman–Crippen LogP) is 1.71. The van der Waals surface area contributed by atoms with Gasteiger partial charge in [0.15, 0.2) is 5.89 Å². The van der Waals surface area contributed by atoms with Crippen LogP contribution in [0.5, 0.6) is 0 Å². The Labute approximate surface area is 110 Å². The Morgan fingerprint density at radius 3 is 3.17 bits per heavy atom. The molecule has 1 saturated heterocycles. The topological polar surface area (TPSA) is 41.3 Å². The molecule has 1 aliphatic rings. The molecule has 0 aliphatic carbocycles. The van der Waals surface area contributed by atoms with E-state index in [9.17, 15) is 0 Å². The smallest absolute Gasteiger partial charge is 0.194 e. The third-order valence-corrected chi connectivity index (χ3v) is 3.74. The summed E-state index contributed by atoms with van der Waals surface area (Å²) in [6.45, 7) is 6.87. The van der Waals surface area contributed by atoms with Crippen molar-refractivity contribution >= 4 is 0 Å². The van der Waals surface area contributed by atoms with Crippen LogP contribution in [-0.4, -0.2) is 43.1 Å².